The molecule has 2 heteroatoms. The highest BCUT2D eigenvalue weighted by molar-refractivity contribution is 6.22. The van der Waals surface area contributed by atoms with E-state index in [1.165, 1.54) is 0 Å². The number of nitriles is 1. The molecule has 0 aromatic heterocycles. The topological polar surface area (TPSA) is 23.8 Å². The van der Waals surface area contributed by atoms with Crippen molar-refractivity contribution in [2.75, 3.05) is 0 Å². The number of hydrogen-bond donors (Lipinski definition) is 0. The normalized spacial score (nSPS) is 17.6. The first-order chi connectivity index (χ1) is 4.39. The number of hydrogen-bond acceptors (Lipinski definition) is 1. The van der Waals surface area contributed by atoms with E-state index in [4.69, 9.17) is 16.9 Å². The summed E-state index contributed by atoms with van der Waals surface area (Å²) in [5.41, 5.74) is 0.127. The van der Waals surface area contributed by atoms with Crippen molar-refractivity contribution in [2.24, 2.45) is 11.3 Å². The molecular weight excluding hydrogens is 146 g/mol. The van der Waals surface area contributed by atoms with Crippen LogP contribution >= 0.6 is 11.6 Å². The van der Waals surface area contributed by atoms with E-state index in [1.54, 1.807) is 0 Å². The van der Waals surface area contributed by atoms with Crippen molar-refractivity contribution >= 4 is 11.6 Å². The lowest BCUT2D eigenvalue weighted by molar-refractivity contribution is 0.269. The second-order valence-electron chi connectivity index (χ2n) is 3.69. The molecule has 0 aliphatic rings. The van der Waals surface area contributed by atoms with Gasteiger partial charge in [-0.15, -0.1) is 11.6 Å². The lowest BCUT2D eigenvalue weighted by atomic mass is 9.80. The Kier molecular flexibility index (Phi) is 3.18. The quantitative estimate of drug-likeness (QED) is 0.540. The number of rotatable bonds is 1. The fourth-order valence-corrected chi connectivity index (χ4v) is 0.929. The molecule has 0 N–H and O–H groups in total. The Hall–Kier alpha value is -0.220. The molecule has 0 aromatic carbocycles. The SMILES string of the molecule is CC(C(Cl)C#N)C(C)(C)C. The molecule has 0 amide bonds. The van der Waals surface area contributed by atoms with Gasteiger partial charge in [0.2, 0.25) is 0 Å². The highest BCUT2D eigenvalue weighted by Gasteiger charge is 2.26. The molecule has 10 heavy (non-hydrogen) atoms. The molecule has 0 saturated heterocycles. The molecular formula is C8H14ClN. The summed E-state index contributed by atoms with van der Waals surface area (Å²) in [4.78, 5) is 0. The summed E-state index contributed by atoms with van der Waals surface area (Å²) in [6.45, 7) is 8.26. The van der Waals surface area contributed by atoms with Crippen molar-refractivity contribution in [3.63, 3.8) is 0 Å². The van der Waals surface area contributed by atoms with E-state index >= 15 is 0 Å². The molecule has 0 heterocycles. The second kappa shape index (κ2) is 3.25. The van der Waals surface area contributed by atoms with Gasteiger partial charge in [0.15, 0.2) is 0 Å². The largest absolute Gasteiger partial charge is 0.197 e. The average Bonchev–Trinajstić information content (AvgIpc) is 1.83. The molecule has 2 atom stereocenters. The zero-order chi connectivity index (χ0) is 8.36. The summed E-state index contributed by atoms with van der Waals surface area (Å²) in [6, 6.07) is 2.04. The van der Waals surface area contributed by atoms with Gasteiger partial charge in [0.1, 0.15) is 5.38 Å². The molecule has 0 spiro atoms. The summed E-state index contributed by atoms with van der Waals surface area (Å²) in [6.07, 6.45) is 0. The van der Waals surface area contributed by atoms with Crippen LogP contribution in [-0.2, 0) is 0 Å². The van der Waals surface area contributed by atoms with E-state index in [0.29, 0.717) is 0 Å². The molecule has 0 aliphatic heterocycles. The lowest BCUT2D eigenvalue weighted by Crippen LogP contribution is -2.24. The van der Waals surface area contributed by atoms with Crippen LogP contribution in [0, 0.1) is 22.7 Å². The van der Waals surface area contributed by atoms with Crippen LogP contribution in [-0.4, -0.2) is 5.38 Å². The van der Waals surface area contributed by atoms with Gasteiger partial charge < -0.3 is 0 Å². The average molecular weight is 160 g/mol. The van der Waals surface area contributed by atoms with Crippen molar-refractivity contribution in [2.45, 2.75) is 33.1 Å². The summed E-state index contributed by atoms with van der Waals surface area (Å²) in [5, 5.41) is 8.13. The Morgan fingerprint density at radius 3 is 1.90 bits per heavy atom. The summed E-state index contributed by atoms with van der Waals surface area (Å²) >= 11 is 5.74. The van der Waals surface area contributed by atoms with Crippen LogP contribution in [0.1, 0.15) is 27.7 Å². The summed E-state index contributed by atoms with van der Waals surface area (Å²) in [7, 11) is 0. The first kappa shape index (κ1) is 9.78. The predicted molar refractivity (Wildman–Crippen MR) is 43.9 cm³/mol. The molecule has 1 nitrogen and oxygen atoms in total. The Bertz CT molecular complexity index is 140. The molecule has 0 rings (SSSR count). The van der Waals surface area contributed by atoms with Gasteiger partial charge in [0, 0.05) is 0 Å². The van der Waals surface area contributed by atoms with Gasteiger partial charge in [0.05, 0.1) is 6.07 Å². The number of nitrogens with zero attached hydrogens (tertiary/aromatic N) is 1. The van der Waals surface area contributed by atoms with Crippen LogP contribution in [0.4, 0.5) is 0 Å². The van der Waals surface area contributed by atoms with Gasteiger partial charge in [-0.3, -0.25) is 0 Å². The van der Waals surface area contributed by atoms with Crippen molar-refractivity contribution in [3.05, 3.63) is 0 Å². The second-order valence-corrected chi connectivity index (χ2v) is 4.16. The minimum absolute atomic E-state index is 0.127. The van der Waals surface area contributed by atoms with Crippen LogP contribution in [0.2, 0.25) is 0 Å². The van der Waals surface area contributed by atoms with Crippen molar-refractivity contribution < 1.29 is 0 Å². The van der Waals surface area contributed by atoms with E-state index in [-0.39, 0.29) is 16.7 Å². The van der Waals surface area contributed by atoms with Crippen LogP contribution in [0.25, 0.3) is 0 Å². The molecule has 58 valence electrons. The van der Waals surface area contributed by atoms with Crippen molar-refractivity contribution in [1.82, 2.24) is 0 Å². The maximum Gasteiger partial charge on any atom is 0.123 e. The monoisotopic (exact) mass is 159 g/mol. The third kappa shape index (κ3) is 2.58. The van der Waals surface area contributed by atoms with Crippen LogP contribution in [0.15, 0.2) is 0 Å². The van der Waals surface area contributed by atoms with Gasteiger partial charge in [-0.05, 0) is 11.3 Å². The zero-order valence-corrected chi connectivity index (χ0v) is 7.74. The van der Waals surface area contributed by atoms with Gasteiger partial charge in [-0.1, -0.05) is 27.7 Å². The van der Waals surface area contributed by atoms with Crippen LogP contribution in [0.5, 0.6) is 0 Å². The first-order valence-electron chi connectivity index (χ1n) is 3.43. The highest BCUT2D eigenvalue weighted by Crippen LogP contribution is 2.30. The van der Waals surface area contributed by atoms with Crippen molar-refractivity contribution in [1.29, 1.82) is 5.26 Å². The fraction of sp³-hybridized carbons (Fsp3) is 0.875. The molecule has 2 unspecified atom stereocenters. The smallest absolute Gasteiger partial charge is 0.123 e. The maximum absolute atomic E-state index is 8.49. The number of halogens is 1. The summed E-state index contributed by atoms with van der Waals surface area (Å²) < 4.78 is 0. The Morgan fingerprint density at radius 2 is 1.80 bits per heavy atom. The maximum atomic E-state index is 8.49. The van der Waals surface area contributed by atoms with E-state index < -0.39 is 0 Å². The van der Waals surface area contributed by atoms with E-state index in [1.807, 2.05) is 13.0 Å². The zero-order valence-electron chi connectivity index (χ0n) is 6.98. The minimum Gasteiger partial charge on any atom is -0.197 e. The predicted octanol–water partition coefficient (Wildman–Crippen LogP) is 2.80. The van der Waals surface area contributed by atoms with E-state index in [2.05, 4.69) is 20.8 Å². The first-order valence-corrected chi connectivity index (χ1v) is 3.87. The van der Waals surface area contributed by atoms with Crippen LogP contribution in [0.3, 0.4) is 0 Å². The van der Waals surface area contributed by atoms with E-state index in [9.17, 15) is 0 Å². The van der Waals surface area contributed by atoms with Crippen LogP contribution < -0.4 is 0 Å². The van der Waals surface area contributed by atoms with Gasteiger partial charge in [-0.2, -0.15) is 5.26 Å². The molecule has 0 saturated carbocycles. The lowest BCUT2D eigenvalue weighted by Gasteiger charge is -2.27. The minimum atomic E-state index is -0.361. The molecule has 0 fully saturated rings. The molecule has 0 aromatic rings. The standard InChI is InChI=1S/C8H14ClN/c1-6(7(9)5-10)8(2,3)4/h6-7H,1-4H3. The summed E-state index contributed by atoms with van der Waals surface area (Å²) in [5.74, 6) is 0.235. The Labute approximate surface area is 68.0 Å². The van der Waals surface area contributed by atoms with Gasteiger partial charge in [-0.25, -0.2) is 0 Å². The van der Waals surface area contributed by atoms with E-state index in [0.717, 1.165) is 0 Å². The highest BCUT2D eigenvalue weighted by atomic mass is 35.5. The fourth-order valence-electron chi connectivity index (χ4n) is 0.551. The molecule has 0 radical (unpaired) electrons. The third-order valence-electron chi connectivity index (χ3n) is 1.93. The third-order valence-corrected chi connectivity index (χ3v) is 2.40. The molecule has 0 aliphatic carbocycles. The van der Waals surface area contributed by atoms with Gasteiger partial charge in [0.25, 0.3) is 0 Å². The number of alkyl halides is 1. The van der Waals surface area contributed by atoms with Gasteiger partial charge >= 0.3 is 0 Å². The van der Waals surface area contributed by atoms with Crippen molar-refractivity contribution in [3.8, 4) is 6.07 Å². The molecule has 0 bridgehead atoms. The Balaban J connectivity index is 4.11. The Morgan fingerprint density at radius 1 is 1.40 bits per heavy atom.